The number of methoxy groups -OCH3 is 1. The Labute approximate surface area is 181 Å². The Morgan fingerprint density at radius 1 is 1.15 bits per heavy atom. The molecule has 1 heterocycles. The van der Waals surface area contributed by atoms with Crippen LogP contribution >= 0.6 is 35.6 Å². The molecule has 0 aliphatic carbocycles. The summed E-state index contributed by atoms with van der Waals surface area (Å²) in [7, 11) is 3.39. The Morgan fingerprint density at radius 3 is 2.67 bits per heavy atom. The fourth-order valence-electron chi connectivity index (χ4n) is 2.70. The lowest BCUT2D eigenvalue weighted by Gasteiger charge is -2.20. The molecule has 0 saturated heterocycles. The van der Waals surface area contributed by atoms with E-state index in [1.807, 2.05) is 36.4 Å². The molecule has 1 aliphatic heterocycles. The van der Waals surface area contributed by atoms with Gasteiger partial charge in [-0.1, -0.05) is 29.8 Å². The van der Waals surface area contributed by atoms with Crippen LogP contribution in [0.25, 0.3) is 0 Å². The van der Waals surface area contributed by atoms with Crippen LogP contribution < -0.4 is 24.8 Å². The SMILES string of the molecule is CN=C(NCc1cc(Cl)c2c(c1)OCCO2)NCc1ccccc1OC.I. The van der Waals surface area contributed by atoms with Crippen molar-refractivity contribution in [2.75, 3.05) is 27.4 Å². The number of halogens is 2. The molecular formula is C19H23ClIN3O3. The molecule has 0 fully saturated rings. The minimum absolute atomic E-state index is 0. The van der Waals surface area contributed by atoms with Crippen molar-refractivity contribution in [2.24, 2.45) is 4.99 Å². The van der Waals surface area contributed by atoms with Gasteiger partial charge in [0.05, 0.1) is 12.1 Å². The molecule has 2 aromatic rings. The highest BCUT2D eigenvalue weighted by Crippen LogP contribution is 2.38. The third-order valence-corrected chi connectivity index (χ3v) is 4.26. The van der Waals surface area contributed by atoms with Gasteiger partial charge >= 0.3 is 0 Å². The number of nitrogens with zero attached hydrogens (tertiary/aromatic N) is 1. The summed E-state index contributed by atoms with van der Waals surface area (Å²) in [6, 6.07) is 11.7. The number of hydrogen-bond donors (Lipinski definition) is 2. The fraction of sp³-hybridized carbons (Fsp3) is 0.316. The van der Waals surface area contributed by atoms with Gasteiger partial charge in [0.15, 0.2) is 17.5 Å². The lowest BCUT2D eigenvalue weighted by molar-refractivity contribution is 0.171. The zero-order valence-corrected chi connectivity index (χ0v) is 18.3. The third-order valence-electron chi connectivity index (χ3n) is 3.98. The number of benzene rings is 2. The first kappa shape index (κ1) is 21.4. The number of nitrogens with one attached hydrogen (secondary N) is 2. The summed E-state index contributed by atoms with van der Waals surface area (Å²) < 4.78 is 16.5. The molecule has 0 amide bonds. The highest BCUT2D eigenvalue weighted by atomic mass is 127. The molecule has 8 heteroatoms. The largest absolute Gasteiger partial charge is 0.496 e. The standard InChI is InChI=1S/C19H22ClN3O3.HI/c1-21-19(23-12-14-5-3-4-6-16(14)24-2)22-11-13-9-15(20)18-17(10-13)25-7-8-26-18;/h3-6,9-10H,7-8,11-12H2,1-2H3,(H2,21,22,23);1H. The molecular weight excluding hydrogens is 481 g/mol. The normalized spacial score (nSPS) is 12.8. The van der Waals surface area contributed by atoms with E-state index in [1.165, 1.54) is 0 Å². The summed E-state index contributed by atoms with van der Waals surface area (Å²) in [4.78, 5) is 4.25. The molecule has 0 aromatic heterocycles. The van der Waals surface area contributed by atoms with Crippen LogP contribution in [0.1, 0.15) is 11.1 Å². The van der Waals surface area contributed by atoms with Crippen LogP contribution in [0.2, 0.25) is 5.02 Å². The molecule has 0 atom stereocenters. The van der Waals surface area contributed by atoms with E-state index in [-0.39, 0.29) is 24.0 Å². The molecule has 2 aromatic carbocycles. The fourth-order valence-corrected chi connectivity index (χ4v) is 2.99. The van der Waals surface area contributed by atoms with Gasteiger partial charge in [0, 0.05) is 25.7 Å². The van der Waals surface area contributed by atoms with E-state index in [1.54, 1.807) is 14.2 Å². The topological polar surface area (TPSA) is 64.1 Å². The summed E-state index contributed by atoms with van der Waals surface area (Å²) in [5, 5.41) is 7.10. The van der Waals surface area contributed by atoms with Gasteiger partial charge in [-0.2, -0.15) is 0 Å². The van der Waals surface area contributed by atoms with Crippen molar-refractivity contribution in [3.63, 3.8) is 0 Å². The van der Waals surface area contributed by atoms with Crippen LogP contribution in [0.4, 0.5) is 0 Å². The first-order chi connectivity index (χ1) is 12.7. The average molecular weight is 504 g/mol. The predicted octanol–water partition coefficient (Wildman–Crippen LogP) is 3.60. The summed E-state index contributed by atoms with van der Waals surface area (Å²) in [5.41, 5.74) is 2.04. The summed E-state index contributed by atoms with van der Waals surface area (Å²) >= 11 is 6.28. The molecule has 6 nitrogen and oxygen atoms in total. The number of ether oxygens (including phenoxy) is 3. The highest BCUT2D eigenvalue weighted by molar-refractivity contribution is 14.0. The van der Waals surface area contributed by atoms with Crippen molar-refractivity contribution >= 4 is 41.5 Å². The second kappa shape index (κ2) is 10.5. The van der Waals surface area contributed by atoms with Crippen molar-refractivity contribution < 1.29 is 14.2 Å². The molecule has 1 aliphatic rings. The Kier molecular flexibility index (Phi) is 8.30. The lowest BCUT2D eigenvalue weighted by atomic mass is 10.2. The zero-order chi connectivity index (χ0) is 18.4. The predicted molar refractivity (Wildman–Crippen MR) is 118 cm³/mol. The van der Waals surface area contributed by atoms with Crippen molar-refractivity contribution in [2.45, 2.75) is 13.1 Å². The van der Waals surface area contributed by atoms with Crippen molar-refractivity contribution in [1.82, 2.24) is 10.6 Å². The van der Waals surface area contributed by atoms with E-state index in [0.29, 0.717) is 48.8 Å². The first-order valence-corrected chi connectivity index (χ1v) is 8.73. The molecule has 27 heavy (non-hydrogen) atoms. The maximum Gasteiger partial charge on any atom is 0.191 e. The Balaban J connectivity index is 0.00000261. The molecule has 146 valence electrons. The van der Waals surface area contributed by atoms with Crippen LogP contribution in [0.3, 0.4) is 0 Å². The number of hydrogen-bond acceptors (Lipinski definition) is 4. The van der Waals surface area contributed by atoms with Crippen molar-refractivity contribution in [1.29, 1.82) is 0 Å². The molecule has 0 spiro atoms. The van der Waals surface area contributed by atoms with Crippen LogP contribution in [0.5, 0.6) is 17.2 Å². The Morgan fingerprint density at radius 2 is 1.89 bits per heavy atom. The smallest absolute Gasteiger partial charge is 0.191 e. The minimum Gasteiger partial charge on any atom is -0.496 e. The number of guanidine groups is 1. The van der Waals surface area contributed by atoms with Crippen molar-refractivity contribution in [3.8, 4) is 17.2 Å². The van der Waals surface area contributed by atoms with Gasteiger partial charge < -0.3 is 24.8 Å². The highest BCUT2D eigenvalue weighted by Gasteiger charge is 2.16. The number of fused-ring (bicyclic) bond motifs is 1. The quantitative estimate of drug-likeness (QED) is 0.371. The van der Waals surface area contributed by atoms with Gasteiger partial charge in [0.2, 0.25) is 0 Å². The monoisotopic (exact) mass is 503 g/mol. The van der Waals surface area contributed by atoms with E-state index in [0.717, 1.165) is 16.9 Å². The van der Waals surface area contributed by atoms with Crippen LogP contribution in [-0.4, -0.2) is 33.3 Å². The average Bonchev–Trinajstić information content (AvgIpc) is 2.68. The van der Waals surface area contributed by atoms with E-state index in [9.17, 15) is 0 Å². The minimum atomic E-state index is 0. The van der Waals surface area contributed by atoms with E-state index >= 15 is 0 Å². The molecule has 0 saturated carbocycles. The van der Waals surface area contributed by atoms with Gasteiger partial charge in [-0.25, -0.2) is 0 Å². The lowest BCUT2D eigenvalue weighted by Crippen LogP contribution is -2.36. The van der Waals surface area contributed by atoms with Crippen LogP contribution in [-0.2, 0) is 13.1 Å². The van der Waals surface area contributed by atoms with E-state index in [4.69, 9.17) is 25.8 Å². The Hall–Kier alpha value is -1.87. The molecule has 0 bridgehead atoms. The van der Waals surface area contributed by atoms with Gasteiger partial charge in [-0.3, -0.25) is 4.99 Å². The number of rotatable bonds is 5. The second-order valence-electron chi connectivity index (χ2n) is 5.69. The Bertz CT molecular complexity index is 802. The summed E-state index contributed by atoms with van der Waals surface area (Å²) in [6.07, 6.45) is 0. The second-order valence-corrected chi connectivity index (χ2v) is 6.10. The maximum absolute atomic E-state index is 6.28. The number of aliphatic imine (C=N–C) groups is 1. The number of para-hydroxylation sites is 1. The van der Waals surface area contributed by atoms with Gasteiger partial charge in [0.25, 0.3) is 0 Å². The van der Waals surface area contributed by atoms with Crippen LogP contribution in [0.15, 0.2) is 41.4 Å². The molecule has 0 radical (unpaired) electrons. The zero-order valence-electron chi connectivity index (χ0n) is 15.3. The summed E-state index contributed by atoms with van der Waals surface area (Å²) in [5.74, 6) is 2.81. The third kappa shape index (κ3) is 5.55. The van der Waals surface area contributed by atoms with E-state index < -0.39 is 0 Å². The first-order valence-electron chi connectivity index (χ1n) is 8.35. The molecule has 0 unspecified atom stereocenters. The maximum atomic E-state index is 6.28. The molecule has 2 N–H and O–H groups in total. The van der Waals surface area contributed by atoms with Crippen molar-refractivity contribution in [3.05, 3.63) is 52.5 Å². The van der Waals surface area contributed by atoms with Gasteiger partial charge in [-0.05, 0) is 23.8 Å². The summed E-state index contributed by atoms with van der Waals surface area (Å²) in [6.45, 7) is 2.21. The van der Waals surface area contributed by atoms with E-state index in [2.05, 4.69) is 15.6 Å². The molecule has 3 rings (SSSR count). The van der Waals surface area contributed by atoms with Gasteiger partial charge in [0.1, 0.15) is 19.0 Å². The van der Waals surface area contributed by atoms with Crippen LogP contribution in [0, 0.1) is 0 Å². The van der Waals surface area contributed by atoms with Gasteiger partial charge in [-0.15, -0.1) is 24.0 Å².